The van der Waals surface area contributed by atoms with E-state index in [0.717, 1.165) is 0 Å². The van der Waals surface area contributed by atoms with E-state index in [2.05, 4.69) is 0 Å². The van der Waals surface area contributed by atoms with Crippen LogP contribution in [0.2, 0.25) is 0 Å². The van der Waals surface area contributed by atoms with E-state index in [0.29, 0.717) is 0 Å². The van der Waals surface area contributed by atoms with Gasteiger partial charge in [0.15, 0.2) is 0 Å². The van der Waals surface area contributed by atoms with E-state index in [1.165, 1.54) is 146 Å². The first-order valence-electron chi connectivity index (χ1n) is 41.9. The number of rotatable bonds is 16. The van der Waals surface area contributed by atoms with Crippen LogP contribution in [-0.2, 0) is 19.2 Å². The van der Waals surface area contributed by atoms with Gasteiger partial charge in [0.25, 0.3) is 25.2 Å². The number of fused-ring (bicyclic) bond motifs is 16. The summed E-state index contributed by atoms with van der Waals surface area (Å²) < 4.78 is 116. The SMILES string of the molecule is Cc1c2c3cc4c1OC1Oc5c(cc6c(c5C)OC5Oc7c(cc8c(c7C)OC7Oc9c(cc(c(c9C)OC(O2)c2cc9cc(c2)Oc2cc(cc(C(=O)O)c2)Oc2cc(cc7c2)Oc2cc(cc(C(=O)O)c2)Oc2cc(cc5c2)Oc2cc(cc(C(=O)O)c2)Oc2cc(cc1c2)Oc1cc(cc(C(=O)O)c1)O9)C3CCC(=O)O)C8CCC(=O)O)C6CCC(=O)O)C4CCC(=O)O. The van der Waals surface area contributed by atoms with E-state index in [1.54, 1.807) is 52.0 Å². The Balaban J connectivity index is 1.01. The maximum absolute atomic E-state index is 13.8. The van der Waals surface area contributed by atoms with Crippen LogP contribution in [0.15, 0.2) is 170 Å². The molecule has 0 saturated carbocycles. The van der Waals surface area contributed by atoms with Crippen molar-refractivity contribution >= 4 is 47.8 Å². The summed E-state index contributed by atoms with van der Waals surface area (Å²) in [6.07, 6.45) is -10.7. The van der Waals surface area contributed by atoms with Crippen LogP contribution in [0.3, 0.4) is 0 Å². The Morgan fingerprint density at radius 2 is 0.341 bits per heavy atom. The molecule has 12 aromatic carbocycles. The molecule has 0 unspecified atom stereocenters. The van der Waals surface area contributed by atoms with Crippen LogP contribution in [0, 0.1) is 27.7 Å². The normalized spacial score (nSPS) is 18.3. The largest absolute Gasteiger partial charge is 0.481 e. The van der Waals surface area contributed by atoms with Gasteiger partial charge in [0.1, 0.15) is 138 Å². The van der Waals surface area contributed by atoms with Crippen molar-refractivity contribution in [3.05, 3.63) is 281 Å². The van der Waals surface area contributed by atoms with Crippen LogP contribution >= 0.6 is 0 Å². The molecule has 0 atom stereocenters. The predicted octanol–water partition coefficient (Wildman–Crippen LogP) is 21.5. The molecule has 132 heavy (non-hydrogen) atoms. The van der Waals surface area contributed by atoms with Crippen molar-refractivity contribution in [1.82, 2.24) is 0 Å². The van der Waals surface area contributed by atoms with Gasteiger partial charge in [0, 0.05) is 187 Å². The van der Waals surface area contributed by atoms with E-state index in [9.17, 15) is 79.2 Å². The molecule has 32 heteroatoms. The maximum atomic E-state index is 13.8. The molecule has 0 amide bonds. The maximum Gasteiger partial charge on any atom is 0.335 e. The van der Waals surface area contributed by atoms with Gasteiger partial charge in [0.05, 0.1) is 22.3 Å². The molecule has 9 aliphatic rings. The van der Waals surface area contributed by atoms with Gasteiger partial charge in [-0.25, -0.2) is 19.2 Å². The Labute approximate surface area is 746 Å². The van der Waals surface area contributed by atoms with Gasteiger partial charge in [-0.15, -0.1) is 0 Å². The first-order chi connectivity index (χ1) is 63.4. The second kappa shape index (κ2) is 31.6. The van der Waals surface area contributed by atoms with Crippen LogP contribution in [0.25, 0.3) is 0 Å². The van der Waals surface area contributed by atoms with Gasteiger partial charge in [-0.3, -0.25) is 19.2 Å². The quantitative estimate of drug-likeness (QED) is 0.0445. The highest BCUT2D eigenvalue weighted by Gasteiger charge is 2.46. The van der Waals surface area contributed by atoms with Crippen LogP contribution in [0.5, 0.6) is 138 Å². The molecule has 0 radical (unpaired) electrons. The zero-order valence-corrected chi connectivity index (χ0v) is 69.8. The van der Waals surface area contributed by atoms with Crippen LogP contribution in [0.1, 0.15) is 231 Å². The molecule has 21 rings (SSSR count). The molecule has 0 aromatic heterocycles. The minimum atomic E-state index is -1.82. The molecular weight excluding hydrogens is 1710 g/mol. The Morgan fingerprint density at radius 1 is 0.205 bits per heavy atom. The summed E-state index contributed by atoms with van der Waals surface area (Å²) in [5.41, 5.74) is 1.05. The Morgan fingerprint density at radius 3 is 0.470 bits per heavy atom. The van der Waals surface area contributed by atoms with Crippen molar-refractivity contribution in [3.63, 3.8) is 0 Å². The van der Waals surface area contributed by atoms with E-state index in [-0.39, 0.29) is 275 Å². The van der Waals surface area contributed by atoms with Crippen molar-refractivity contribution in [1.29, 1.82) is 0 Å². The molecule has 32 nitrogen and oxygen atoms in total. The van der Waals surface area contributed by atoms with Gasteiger partial charge in [-0.05, 0) is 175 Å². The number of ether oxygens (including phenoxy) is 16. The van der Waals surface area contributed by atoms with E-state index in [4.69, 9.17) is 75.8 Å². The van der Waals surface area contributed by atoms with Crippen molar-refractivity contribution in [3.8, 4) is 138 Å². The summed E-state index contributed by atoms with van der Waals surface area (Å²) in [6.45, 7) is 6.64. The van der Waals surface area contributed by atoms with Crippen LogP contribution in [0.4, 0.5) is 0 Å². The summed E-state index contributed by atoms with van der Waals surface area (Å²) in [5.74, 6) is -18.7. The molecule has 12 aromatic rings. The van der Waals surface area contributed by atoms with E-state index in [1.807, 2.05) is 0 Å². The lowest BCUT2D eigenvalue weighted by Gasteiger charge is -2.40. The second-order valence-corrected chi connectivity index (χ2v) is 33.3. The topological polar surface area (TPSA) is 446 Å². The van der Waals surface area contributed by atoms with Crippen molar-refractivity contribution in [2.75, 3.05) is 0 Å². The first kappa shape index (κ1) is 82.2. The molecule has 8 heterocycles. The first-order valence-corrected chi connectivity index (χ1v) is 41.9. The van der Waals surface area contributed by atoms with Gasteiger partial charge in [-0.1, -0.05) is 0 Å². The van der Waals surface area contributed by atoms with Crippen molar-refractivity contribution in [2.24, 2.45) is 0 Å². The molecule has 0 fully saturated rings. The summed E-state index contributed by atoms with van der Waals surface area (Å²) in [4.78, 5) is 110. The third-order valence-electron chi connectivity index (χ3n) is 24.5. The number of carboxylic acid groups (broad SMARTS) is 8. The van der Waals surface area contributed by atoms with Gasteiger partial charge in [-0.2, -0.15) is 0 Å². The highest BCUT2D eigenvalue weighted by Crippen LogP contribution is 2.63. The summed E-state index contributed by atoms with van der Waals surface area (Å²) in [5, 5.41) is 89.4. The zero-order valence-electron chi connectivity index (χ0n) is 69.8. The second-order valence-electron chi connectivity index (χ2n) is 33.3. The monoisotopic (exact) mass is 1780 g/mol. The third-order valence-corrected chi connectivity index (χ3v) is 24.5. The number of carbonyl (C=O) groups is 8. The highest BCUT2D eigenvalue weighted by atomic mass is 16.7. The lowest BCUT2D eigenvalue weighted by molar-refractivity contribution is -0.138. The number of aromatic carboxylic acids is 4. The molecule has 664 valence electrons. The number of aliphatic carboxylic acids is 4. The van der Waals surface area contributed by atoms with Gasteiger partial charge >= 0.3 is 47.8 Å². The third kappa shape index (κ3) is 15.1. The fourth-order valence-electron chi connectivity index (χ4n) is 18.9. The number of benzene rings is 12. The zero-order chi connectivity index (χ0) is 91.4. The molecule has 8 aliphatic heterocycles. The Hall–Kier alpha value is -16.8. The lowest BCUT2D eigenvalue weighted by atomic mass is 9.74. The summed E-state index contributed by atoms with van der Waals surface area (Å²) in [7, 11) is 0. The Kier molecular flexibility index (Phi) is 19.7. The van der Waals surface area contributed by atoms with E-state index < -0.39 is 122 Å². The van der Waals surface area contributed by atoms with Crippen LogP contribution < -0.4 is 75.8 Å². The smallest absolute Gasteiger partial charge is 0.335 e. The van der Waals surface area contributed by atoms with Crippen molar-refractivity contribution < 1.29 is 155 Å². The average molecular weight is 1790 g/mol. The number of carboxylic acids is 8. The minimum absolute atomic E-state index is 0.0334. The average Bonchev–Trinajstić information content (AvgIpc) is 0.712. The Bertz CT molecular complexity index is 5970. The minimum Gasteiger partial charge on any atom is -0.481 e. The molecule has 0 spiro atoms. The fraction of sp³-hybridized carbons (Fsp3) is 0.200. The number of hydrogen-bond donors (Lipinski definition) is 8. The lowest BCUT2D eigenvalue weighted by Crippen LogP contribution is -2.28. The standard InChI is InChI=1S/C100H72O32/c1-41-85-73-37-74-70(6-10-82(103)104)76-39-78-72(8-12-84(107)108)80-40-79-71(7-11-83(105)106)77-38-75(69(73)5-9-81(101)102)87-42(2)89(77)129-99-51-25-65-35-67(27-51)123-59-19-48(96(115)116)20-60(32-59)124-68-28-52-26-66(36-68)122-58-18-47(95(113)114)16-56(31-58)120-64-24-50(98(126-86(41)74)128-88(76)43(3)90(78)130-100(52)132-92(80)44(4)91(79)131-99)22-62(34-64)118-54-14-45(93(109)110)13-53(29-54)117-61-21-49(97(125-85)127-87)23-63(33-61)119-55-15-46(94(111)112)17-57(30-55)121-65/h13-40,69-72,97-100H,5-12H2,1-4H3,(H,101,102)(H,103,104)(H,105,106)(H,107,108)(H,109,110)(H,111,112)(H,113,114)(H,115,116). The molecular formula is C100H72O32. The van der Waals surface area contributed by atoms with Gasteiger partial charge in [0.2, 0.25) is 0 Å². The highest BCUT2D eigenvalue weighted by molar-refractivity contribution is 5.91. The summed E-state index contributed by atoms with van der Waals surface area (Å²) >= 11 is 0. The molecule has 8 N–H and O–H groups in total. The van der Waals surface area contributed by atoms with Crippen molar-refractivity contribution in [2.45, 2.75) is 128 Å². The molecule has 0 saturated heterocycles. The number of hydrogen-bond acceptors (Lipinski definition) is 24. The van der Waals surface area contributed by atoms with Gasteiger partial charge < -0.3 is 117 Å². The predicted molar refractivity (Wildman–Crippen MR) is 456 cm³/mol. The summed E-state index contributed by atoms with van der Waals surface area (Å²) in [6, 6.07) is 39.6. The molecule has 1 aliphatic carbocycles. The molecule has 40 bridgehead atoms. The van der Waals surface area contributed by atoms with Crippen LogP contribution in [-0.4, -0.2) is 88.6 Å². The fourth-order valence-corrected chi connectivity index (χ4v) is 18.9. The van der Waals surface area contributed by atoms with E-state index >= 15 is 0 Å².